The van der Waals surface area contributed by atoms with Crippen LogP contribution in [0.4, 0.5) is 0 Å². The number of cyclic esters (lactones) is 2. The predicted octanol–water partition coefficient (Wildman–Crippen LogP) is 1.13. The van der Waals surface area contributed by atoms with Crippen molar-refractivity contribution < 1.29 is 66.9 Å². The molecule has 0 amide bonds. The average Bonchev–Trinajstić information content (AvgIpc) is 3.07. The fourth-order valence-electron chi connectivity index (χ4n) is 5.65. The Kier molecular flexibility index (Phi) is 10.8. The van der Waals surface area contributed by atoms with Crippen molar-refractivity contribution in [1.29, 1.82) is 0 Å². The second kappa shape index (κ2) is 14.7. The number of methoxy groups -OCH3 is 4. The van der Waals surface area contributed by atoms with Crippen molar-refractivity contribution in [3.8, 4) is 0 Å². The van der Waals surface area contributed by atoms with Crippen LogP contribution in [0.15, 0.2) is 54.6 Å². The van der Waals surface area contributed by atoms with Gasteiger partial charge in [0.15, 0.2) is 18.7 Å². The highest BCUT2D eigenvalue weighted by molar-refractivity contribution is 6.03. The lowest BCUT2D eigenvalue weighted by Crippen LogP contribution is -2.66. The summed E-state index contributed by atoms with van der Waals surface area (Å²) in [5.74, 6) is -2.40. The molecule has 0 aliphatic carbocycles. The zero-order valence-corrected chi connectivity index (χ0v) is 25.1. The number of aliphatic hydroxyl groups is 1. The van der Waals surface area contributed by atoms with Crippen LogP contribution in [0.1, 0.15) is 31.1 Å². The Balaban J connectivity index is 1.55. The number of rotatable bonds is 6. The molecule has 2 saturated heterocycles. The van der Waals surface area contributed by atoms with E-state index in [0.717, 1.165) is 0 Å². The molecule has 4 bridgehead atoms. The molecule has 5 rings (SSSR count). The van der Waals surface area contributed by atoms with Gasteiger partial charge in [0.1, 0.15) is 55.9 Å². The summed E-state index contributed by atoms with van der Waals surface area (Å²) in [7, 11) is 5.62. The SMILES string of the molecule is CO[C@H]1O[C@@H]2COC(=O)c3ccccc3C(=O)OC[C@H]3O[C@@H](O[C@@H]([C@@H]2O)[C@H]1OC(=O)c1ccccc1)[C@H](OC)[C@@H](OC)[C@H]3OC. The lowest BCUT2D eigenvalue weighted by molar-refractivity contribution is -0.361. The molecular formula is C31H36O14. The van der Waals surface area contributed by atoms with Crippen molar-refractivity contribution in [3.05, 3.63) is 71.3 Å². The van der Waals surface area contributed by atoms with Crippen LogP contribution in [0.25, 0.3) is 0 Å². The first kappa shape index (κ1) is 32.9. The number of benzene rings is 2. The summed E-state index contributed by atoms with van der Waals surface area (Å²) < 4.78 is 58.0. The molecule has 0 spiro atoms. The molecule has 14 nitrogen and oxygen atoms in total. The van der Waals surface area contributed by atoms with Gasteiger partial charge in [0, 0.05) is 28.4 Å². The number of aliphatic hydroxyl groups excluding tert-OH is 1. The van der Waals surface area contributed by atoms with E-state index in [4.69, 9.17) is 47.4 Å². The number of fused-ring (bicyclic) bond motifs is 5. The van der Waals surface area contributed by atoms with Crippen LogP contribution in [0.5, 0.6) is 0 Å². The second-order valence-corrected chi connectivity index (χ2v) is 10.5. The molecule has 0 radical (unpaired) electrons. The van der Waals surface area contributed by atoms with E-state index in [1.807, 2.05) is 0 Å². The summed E-state index contributed by atoms with van der Waals surface area (Å²) >= 11 is 0. The first-order valence-corrected chi connectivity index (χ1v) is 14.3. The summed E-state index contributed by atoms with van der Waals surface area (Å²) in [5.41, 5.74) is 0.133. The highest BCUT2D eigenvalue weighted by Crippen LogP contribution is 2.34. The highest BCUT2D eigenvalue weighted by Gasteiger charge is 2.54. The molecule has 0 unspecified atom stereocenters. The molecule has 3 aliphatic heterocycles. The molecule has 244 valence electrons. The van der Waals surface area contributed by atoms with Gasteiger partial charge in [0.25, 0.3) is 0 Å². The summed E-state index contributed by atoms with van der Waals surface area (Å²) in [6.45, 7) is -0.806. The fraction of sp³-hybridized carbons (Fsp3) is 0.516. The van der Waals surface area contributed by atoms with Crippen LogP contribution in [-0.2, 0) is 47.4 Å². The molecule has 2 fully saturated rings. The first-order valence-electron chi connectivity index (χ1n) is 14.3. The molecule has 0 aromatic heterocycles. The van der Waals surface area contributed by atoms with Gasteiger partial charge < -0.3 is 52.5 Å². The van der Waals surface area contributed by atoms with Crippen LogP contribution >= 0.6 is 0 Å². The van der Waals surface area contributed by atoms with Gasteiger partial charge in [-0.15, -0.1) is 0 Å². The maximum absolute atomic E-state index is 13.2. The van der Waals surface area contributed by atoms with E-state index in [-0.39, 0.29) is 23.3 Å². The van der Waals surface area contributed by atoms with Crippen LogP contribution < -0.4 is 0 Å². The lowest BCUT2D eigenvalue weighted by Gasteiger charge is -2.48. The third-order valence-electron chi connectivity index (χ3n) is 7.93. The molecular weight excluding hydrogens is 596 g/mol. The average molecular weight is 633 g/mol. The molecule has 14 heteroatoms. The van der Waals surface area contributed by atoms with Gasteiger partial charge in [-0.05, 0) is 24.3 Å². The number of carbonyl (C=O) groups is 3. The van der Waals surface area contributed by atoms with Crippen molar-refractivity contribution in [2.24, 2.45) is 0 Å². The number of hydrogen-bond donors (Lipinski definition) is 1. The van der Waals surface area contributed by atoms with E-state index >= 15 is 0 Å². The van der Waals surface area contributed by atoms with E-state index < -0.39 is 85.9 Å². The van der Waals surface area contributed by atoms with E-state index in [1.54, 1.807) is 42.5 Å². The van der Waals surface area contributed by atoms with Crippen LogP contribution in [0.2, 0.25) is 0 Å². The zero-order chi connectivity index (χ0) is 32.1. The second-order valence-electron chi connectivity index (χ2n) is 10.5. The normalized spacial score (nSPS) is 33.9. The number of ether oxygens (including phenoxy) is 10. The first-order chi connectivity index (χ1) is 21.8. The van der Waals surface area contributed by atoms with E-state index in [0.29, 0.717) is 0 Å². The Morgan fingerprint density at radius 2 is 1.27 bits per heavy atom. The Bertz CT molecular complexity index is 1320. The molecule has 3 aliphatic rings. The maximum atomic E-state index is 13.2. The fourth-order valence-corrected chi connectivity index (χ4v) is 5.65. The minimum absolute atomic E-state index is 0.0429. The maximum Gasteiger partial charge on any atom is 0.339 e. The van der Waals surface area contributed by atoms with Crippen LogP contribution in [0.3, 0.4) is 0 Å². The number of esters is 3. The summed E-state index contributed by atoms with van der Waals surface area (Å²) in [5, 5.41) is 11.6. The standard InChI is InChI=1S/C31H36O14/c1-36-22-20-15-41-29(35)18-13-9-8-12-17(18)28(34)40-14-19-21(32)23(45-31(43-20)25(38-3)24(22)37-2)26(30(39-4)42-19)44-27(33)16-10-6-5-7-11-16/h5-13,19-26,30-32H,14-15H2,1-4H3/t19-,20-,21-,22+,23+,24+,25-,26-,30+,31+/m1/s1. The van der Waals surface area contributed by atoms with Crippen molar-refractivity contribution in [2.45, 2.75) is 61.4 Å². The topological polar surface area (TPSA) is 164 Å². The van der Waals surface area contributed by atoms with Gasteiger partial charge in [0.2, 0.25) is 0 Å². The molecule has 0 saturated carbocycles. The van der Waals surface area contributed by atoms with Crippen molar-refractivity contribution in [3.63, 3.8) is 0 Å². The minimum atomic E-state index is -1.54. The monoisotopic (exact) mass is 632 g/mol. The zero-order valence-electron chi connectivity index (χ0n) is 25.1. The van der Waals surface area contributed by atoms with Gasteiger partial charge in [0.05, 0.1) is 16.7 Å². The molecule has 2 aromatic carbocycles. The molecule has 10 atom stereocenters. The van der Waals surface area contributed by atoms with Gasteiger partial charge in [-0.25, -0.2) is 14.4 Å². The third-order valence-corrected chi connectivity index (χ3v) is 7.93. The summed E-state index contributed by atoms with van der Waals surface area (Å²) in [4.78, 5) is 39.5. The Hall–Kier alpha value is -3.47. The van der Waals surface area contributed by atoms with Gasteiger partial charge in [-0.1, -0.05) is 30.3 Å². The minimum Gasteiger partial charge on any atom is -0.459 e. The third kappa shape index (κ3) is 6.88. The van der Waals surface area contributed by atoms with Crippen LogP contribution in [0, 0.1) is 0 Å². The Morgan fingerprint density at radius 1 is 0.689 bits per heavy atom. The molecule has 2 aromatic rings. The summed E-state index contributed by atoms with van der Waals surface area (Å²) in [6, 6.07) is 14.2. The summed E-state index contributed by atoms with van der Waals surface area (Å²) in [6.07, 6.45) is -11.5. The van der Waals surface area contributed by atoms with Gasteiger partial charge >= 0.3 is 17.9 Å². The Labute approximate surface area is 259 Å². The molecule has 45 heavy (non-hydrogen) atoms. The van der Waals surface area contributed by atoms with E-state index in [9.17, 15) is 19.5 Å². The molecule has 3 heterocycles. The lowest BCUT2D eigenvalue weighted by atomic mass is 9.96. The van der Waals surface area contributed by atoms with Crippen molar-refractivity contribution >= 4 is 17.9 Å². The van der Waals surface area contributed by atoms with Crippen molar-refractivity contribution in [1.82, 2.24) is 0 Å². The quantitative estimate of drug-likeness (QED) is 0.356. The van der Waals surface area contributed by atoms with Gasteiger partial charge in [-0.2, -0.15) is 0 Å². The Morgan fingerprint density at radius 3 is 1.84 bits per heavy atom. The van der Waals surface area contributed by atoms with E-state index in [1.165, 1.54) is 40.6 Å². The van der Waals surface area contributed by atoms with E-state index in [2.05, 4.69) is 0 Å². The van der Waals surface area contributed by atoms with Gasteiger partial charge in [-0.3, -0.25) is 0 Å². The van der Waals surface area contributed by atoms with Crippen molar-refractivity contribution in [2.75, 3.05) is 41.7 Å². The molecule has 1 N–H and O–H groups in total. The highest BCUT2D eigenvalue weighted by atomic mass is 16.8. The predicted molar refractivity (Wildman–Crippen MR) is 150 cm³/mol. The number of hydrogen-bond acceptors (Lipinski definition) is 14. The smallest absolute Gasteiger partial charge is 0.339 e. The number of carbonyl (C=O) groups excluding carboxylic acids is 3. The van der Waals surface area contributed by atoms with Crippen LogP contribution in [-0.4, -0.2) is 126 Å². The largest absolute Gasteiger partial charge is 0.459 e.